The molecule has 1 rings (SSSR count). The molecule has 0 heterocycles. The van der Waals surface area contributed by atoms with Crippen molar-refractivity contribution in [3.05, 3.63) is 34.9 Å². The zero-order chi connectivity index (χ0) is 13.3. The van der Waals surface area contributed by atoms with Gasteiger partial charge in [-0.3, -0.25) is 4.79 Å². The number of rotatable bonds is 4. The minimum atomic E-state index is -3.33. The van der Waals surface area contributed by atoms with Gasteiger partial charge in [0.15, 0.2) is 0 Å². The average molecular weight is 263 g/mol. The molecule has 0 aliphatic heterocycles. The summed E-state index contributed by atoms with van der Waals surface area (Å²) in [6.07, 6.45) is -1.19. The van der Waals surface area contributed by atoms with Crippen molar-refractivity contribution in [3.63, 3.8) is 0 Å². The Hall–Kier alpha value is -1.16. The summed E-state index contributed by atoms with van der Waals surface area (Å²) in [5, 5.41) is 8.95. The van der Waals surface area contributed by atoms with Crippen LogP contribution in [0.15, 0.2) is 24.3 Å². The number of aliphatic carboxylic acids is 1. The van der Waals surface area contributed by atoms with E-state index in [1.807, 2.05) is 0 Å². The summed E-state index contributed by atoms with van der Waals surface area (Å²) in [6.45, 7) is 2.64. The van der Waals surface area contributed by atoms with Crippen LogP contribution >= 0.6 is 11.6 Å². The van der Waals surface area contributed by atoms with Crippen molar-refractivity contribution in [1.82, 2.24) is 0 Å². The molecule has 0 radical (unpaired) electrons. The van der Waals surface area contributed by atoms with Crippen LogP contribution < -0.4 is 0 Å². The minimum absolute atomic E-state index is 0.355. The first-order valence-corrected chi connectivity index (χ1v) is 5.40. The lowest BCUT2D eigenvalue weighted by atomic mass is 9.77. The zero-order valence-corrected chi connectivity index (χ0v) is 10.3. The number of carbonyl (C=O) groups is 1. The van der Waals surface area contributed by atoms with Gasteiger partial charge in [0, 0.05) is 5.02 Å². The highest BCUT2D eigenvalue weighted by atomic mass is 35.5. The third kappa shape index (κ3) is 2.94. The molecule has 1 N–H and O–H groups in total. The first-order chi connectivity index (χ1) is 7.67. The molecule has 94 valence electrons. The molecule has 0 amide bonds. The van der Waals surface area contributed by atoms with E-state index in [9.17, 15) is 13.6 Å². The molecule has 0 bridgehead atoms. The second-order valence-corrected chi connectivity index (χ2v) is 4.84. The van der Waals surface area contributed by atoms with Crippen LogP contribution in [-0.4, -0.2) is 17.0 Å². The predicted molar refractivity (Wildman–Crippen MR) is 61.7 cm³/mol. The van der Waals surface area contributed by atoms with Crippen LogP contribution in [0.3, 0.4) is 0 Å². The molecule has 0 fully saturated rings. The number of carboxylic acid groups (broad SMARTS) is 1. The molecule has 0 atom stereocenters. The highest BCUT2D eigenvalue weighted by molar-refractivity contribution is 6.30. The number of alkyl halides is 2. The Morgan fingerprint density at radius 3 is 2.18 bits per heavy atom. The molecule has 0 aromatic heterocycles. The number of hydrogen-bond donors (Lipinski definition) is 1. The van der Waals surface area contributed by atoms with Crippen LogP contribution in [-0.2, 0) is 10.2 Å². The summed E-state index contributed by atoms with van der Waals surface area (Å²) in [7, 11) is 0. The lowest BCUT2D eigenvalue weighted by Crippen LogP contribution is -2.42. The zero-order valence-electron chi connectivity index (χ0n) is 9.51. The van der Waals surface area contributed by atoms with Crippen molar-refractivity contribution < 1.29 is 18.7 Å². The number of hydrogen-bond acceptors (Lipinski definition) is 1. The molecule has 0 aliphatic carbocycles. The second kappa shape index (κ2) is 4.61. The maximum Gasteiger partial charge on any atom is 0.309 e. The van der Waals surface area contributed by atoms with Gasteiger partial charge >= 0.3 is 5.97 Å². The third-order valence-corrected chi connectivity index (χ3v) is 3.11. The van der Waals surface area contributed by atoms with Crippen molar-refractivity contribution in [2.45, 2.75) is 31.6 Å². The van der Waals surface area contributed by atoms with E-state index in [2.05, 4.69) is 0 Å². The molecule has 1 aromatic carbocycles. The van der Waals surface area contributed by atoms with Gasteiger partial charge in [0.1, 0.15) is 6.42 Å². The normalized spacial score (nSPS) is 12.5. The molecule has 2 nitrogen and oxygen atoms in total. The summed E-state index contributed by atoms with van der Waals surface area (Å²) in [4.78, 5) is 10.4. The van der Waals surface area contributed by atoms with Gasteiger partial charge in [0.05, 0.1) is 5.41 Å². The van der Waals surface area contributed by atoms with Crippen LogP contribution in [0.5, 0.6) is 0 Å². The van der Waals surface area contributed by atoms with Gasteiger partial charge in [-0.2, -0.15) is 0 Å². The molecule has 0 saturated heterocycles. The smallest absolute Gasteiger partial charge is 0.309 e. The van der Waals surface area contributed by atoms with Gasteiger partial charge in [-0.05, 0) is 31.5 Å². The second-order valence-electron chi connectivity index (χ2n) is 4.41. The summed E-state index contributed by atoms with van der Waals surface area (Å²) in [5.74, 6) is -4.84. The van der Waals surface area contributed by atoms with E-state index in [1.165, 1.54) is 38.1 Å². The van der Waals surface area contributed by atoms with Crippen molar-refractivity contribution in [2.24, 2.45) is 0 Å². The Morgan fingerprint density at radius 1 is 1.29 bits per heavy atom. The minimum Gasteiger partial charge on any atom is -0.481 e. The highest BCUT2D eigenvalue weighted by Gasteiger charge is 2.49. The quantitative estimate of drug-likeness (QED) is 0.898. The van der Waals surface area contributed by atoms with E-state index in [4.69, 9.17) is 16.7 Å². The third-order valence-electron chi connectivity index (χ3n) is 2.85. The maximum absolute atomic E-state index is 13.8. The molecular formula is C12H13ClF2O2. The van der Waals surface area contributed by atoms with E-state index in [0.29, 0.717) is 10.6 Å². The monoisotopic (exact) mass is 262 g/mol. The largest absolute Gasteiger partial charge is 0.481 e. The molecule has 0 aliphatic rings. The fraction of sp³-hybridized carbons (Fsp3) is 0.417. The molecule has 1 aromatic rings. The van der Waals surface area contributed by atoms with Gasteiger partial charge in [-0.25, -0.2) is 8.78 Å². The standard InChI is InChI=1S/C12H13ClF2O2/c1-11(2,12(14,15)7-10(16)17)8-3-5-9(13)6-4-8/h3-6H,7H2,1-2H3,(H,16,17). The number of benzene rings is 1. The van der Waals surface area contributed by atoms with Crippen molar-refractivity contribution >= 4 is 17.6 Å². The van der Waals surface area contributed by atoms with Gasteiger partial charge in [0.25, 0.3) is 5.92 Å². The Labute approximate surface area is 103 Å². The van der Waals surface area contributed by atoms with Gasteiger partial charge < -0.3 is 5.11 Å². The van der Waals surface area contributed by atoms with Crippen molar-refractivity contribution in [3.8, 4) is 0 Å². The molecule has 0 spiro atoms. The first kappa shape index (κ1) is 13.9. The molecule has 5 heteroatoms. The van der Waals surface area contributed by atoms with E-state index in [1.54, 1.807) is 0 Å². The molecule has 0 unspecified atom stereocenters. The van der Waals surface area contributed by atoms with E-state index in [-0.39, 0.29) is 0 Å². The molecule has 17 heavy (non-hydrogen) atoms. The number of halogens is 3. The van der Waals surface area contributed by atoms with Gasteiger partial charge in [-0.1, -0.05) is 23.7 Å². The number of carboxylic acids is 1. The first-order valence-electron chi connectivity index (χ1n) is 5.02. The Kier molecular flexibility index (Phi) is 3.77. The lowest BCUT2D eigenvalue weighted by Gasteiger charge is -2.33. The Morgan fingerprint density at radius 2 is 1.76 bits per heavy atom. The fourth-order valence-electron chi connectivity index (χ4n) is 1.49. The summed E-state index contributed by atoms with van der Waals surface area (Å²) >= 11 is 5.68. The topological polar surface area (TPSA) is 37.3 Å². The van der Waals surface area contributed by atoms with Crippen LogP contribution in [0.2, 0.25) is 5.02 Å². The SMILES string of the molecule is CC(C)(c1ccc(Cl)cc1)C(F)(F)CC(=O)O. The fourth-order valence-corrected chi connectivity index (χ4v) is 1.61. The maximum atomic E-state index is 13.8. The predicted octanol–water partition coefficient (Wildman–Crippen LogP) is 3.73. The van der Waals surface area contributed by atoms with Gasteiger partial charge in [0.2, 0.25) is 0 Å². The lowest BCUT2D eigenvalue weighted by molar-refractivity contribution is -0.150. The van der Waals surface area contributed by atoms with Gasteiger partial charge in [-0.15, -0.1) is 0 Å². The van der Waals surface area contributed by atoms with Crippen LogP contribution in [0.1, 0.15) is 25.8 Å². The summed E-state index contributed by atoms with van der Waals surface area (Å²) < 4.78 is 27.6. The van der Waals surface area contributed by atoms with E-state index in [0.717, 1.165) is 0 Å². The molecule has 0 saturated carbocycles. The summed E-state index contributed by atoms with van der Waals surface area (Å²) in [6, 6.07) is 5.99. The molecular weight excluding hydrogens is 250 g/mol. The Bertz CT molecular complexity index is 413. The highest BCUT2D eigenvalue weighted by Crippen LogP contribution is 2.41. The average Bonchev–Trinajstić information content (AvgIpc) is 2.16. The van der Waals surface area contributed by atoms with Crippen LogP contribution in [0.25, 0.3) is 0 Å². The van der Waals surface area contributed by atoms with E-state index < -0.39 is 23.7 Å². The van der Waals surface area contributed by atoms with Crippen molar-refractivity contribution in [1.29, 1.82) is 0 Å². The van der Waals surface area contributed by atoms with Crippen LogP contribution in [0, 0.1) is 0 Å². The Balaban J connectivity index is 3.08. The van der Waals surface area contributed by atoms with E-state index >= 15 is 0 Å². The van der Waals surface area contributed by atoms with Crippen molar-refractivity contribution in [2.75, 3.05) is 0 Å². The van der Waals surface area contributed by atoms with Crippen LogP contribution in [0.4, 0.5) is 8.78 Å². The summed E-state index contributed by atoms with van der Waals surface area (Å²) in [5.41, 5.74) is -1.20.